The van der Waals surface area contributed by atoms with E-state index in [4.69, 9.17) is 0 Å². The van der Waals surface area contributed by atoms with Gasteiger partial charge >= 0.3 is 0 Å². The zero-order valence-electron chi connectivity index (χ0n) is 18.0. The highest BCUT2D eigenvalue weighted by Gasteiger charge is 2.38. The van der Waals surface area contributed by atoms with Crippen LogP contribution in [0.4, 0.5) is 11.4 Å². The molecule has 8 heteroatoms. The number of hydrogen-bond acceptors (Lipinski definition) is 4. The third kappa shape index (κ3) is 3.97. The number of anilines is 2. The minimum atomic E-state index is -3.56. The van der Waals surface area contributed by atoms with E-state index in [1.165, 1.54) is 22.2 Å². The summed E-state index contributed by atoms with van der Waals surface area (Å²) in [6, 6.07) is 9.82. The highest BCUT2D eigenvalue weighted by Crippen LogP contribution is 2.35. The van der Waals surface area contributed by atoms with E-state index in [1.807, 2.05) is 32.0 Å². The van der Waals surface area contributed by atoms with E-state index in [0.717, 1.165) is 24.0 Å². The highest BCUT2D eigenvalue weighted by molar-refractivity contribution is 7.89. The molecule has 1 N–H and O–H groups in total. The molecule has 1 atom stereocenters. The van der Waals surface area contributed by atoms with Gasteiger partial charge in [-0.25, -0.2) is 8.42 Å². The lowest BCUT2D eigenvalue weighted by Gasteiger charge is -2.24. The first-order valence-electron chi connectivity index (χ1n) is 10.5. The average molecular weight is 442 g/mol. The number of amides is 2. The van der Waals surface area contributed by atoms with Crippen LogP contribution in [0.5, 0.6) is 0 Å². The van der Waals surface area contributed by atoms with Gasteiger partial charge < -0.3 is 5.32 Å². The summed E-state index contributed by atoms with van der Waals surface area (Å²) >= 11 is 0. The Balaban J connectivity index is 1.62. The molecule has 7 nitrogen and oxygen atoms in total. The van der Waals surface area contributed by atoms with Crippen molar-refractivity contribution < 1.29 is 18.0 Å². The summed E-state index contributed by atoms with van der Waals surface area (Å²) in [4.78, 5) is 27.2. The first-order chi connectivity index (χ1) is 14.7. The average Bonchev–Trinajstić information content (AvgIpc) is 3.37. The first kappa shape index (κ1) is 21.5. The van der Waals surface area contributed by atoms with Crippen LogP contribution in [0.3, 0.4) is 0 Å². The zero-order valence-corrected chi connectivity index (χ0v) is 18.8. The van der Waals surface area contributed by atoms with Crippen molar-refractivity contribution in [2.75, 3.05) is 23.3 Å². The number of carbonyl (C=O) groups is 2. The molecule has 0 radical (unpaired) electrons. The van der Waals surface area contributed by atoms with Crippen molar-refractivity contribution in [1.29, 1.82) is 0 Å². The quantitative estimate of drug-likeness (QED) is 0.790. The van der Waals surface area contributed by atoms with Crippen molar-refractivity contribution in [3.8, 4) is 0 Å². The Morgan fingerprint density at radius 2 is 1.74 bits per heavy atom. The lowest BCUT2D eigenvalue weighted by molar-refractivity contribution is -0.122. The molecule has 0 aromatic heterocycles. The predicted octanol–water partition coefficient (Wildman–Crippen LogP) is 3.00. The Kier molecular flexibility index (Phi) is 5.61. The van der Waals surface area contributed by atoms with E-state index >= 15 is 0 Å². The number of benzene rings is 2. The minimum Gasteiger partial charge on any atom is -0.324 e. The molecule has 0 bridgehead atoms. The van der Waals surface area contributed by atoms with Crippen LogP contribution in [-0.4, -0.2) is 43.7 Å². The molecular weight excluding hydrogens is 414 g/mol. The molecule has 1 fully saturated rings. The summed E-state index contributed by atoms with van der Waals surface area (Å²) in [5.41, 5.74) is 4.02. The van der Waals surface area contributed by atoms with Gasteiger partial charge in [0.05, 0.1) is 4.90 Å². The molecule has 1 saturated heterocycles. The van der Waals surface area contributed by atoms with Gasteiger partial charge in [0.25, 0.3) is 0 Å². The summed E-state index contributed by atoms with van der Waals surface area (Å²) in [5.74, 6) is -0.544. The minimum absolute atomic E-state index is 0.215. The van der Waals surface area contributed by atoms with Gasteiger partial charge in [-0.2, -0.15) is 4.31 Å². The Morgan fingerprint density at radius 3 is 2.39 bits per heavy atom. The van der Waals surface area contributed by atoms with Gasteiger partial charge in [0.1, 0.15) is 6.04 Å². The fourth-order valence-corrected chi connectivity index (χ4v) is 6.00. The van der Waals surface area contributed by atoms with Crippen molar-refractivity contribution in [3.05, 3.63) is 53.1 Å². The number of hydrogen-bond donors (Lipinski definition) is 1. The summed E-state index contributed by atoms with van der Waals surface area (Å²) in [5, 5.41) is 2.93. The van der Waals surface area contributed by atoms with Gasteiger partial charge in [-0.3, -0.25) is 14.5 Å². The van der Waals surface area contributed by atoms with Crippen molar-refractivity contribution >= 4 is 33.2 Å². The van der Waals surface area contributed by atoms with E-state index in [9.17, 15) is 18.0 Å². The standard InChI is InChI=1S/C23H27N3O4S/c1-15-6-8-20(16(2)12-15)24-23(28)22-14-18-13-19(7-9-21(18)26(22)17(3)27)31(29,30)25-10-4-5-11-25/h6-9,12-13,22H,4-5,10-11,14H2,1-3H3,(H,24,28)/t22-/m1/s1. The Hall–Kier alpha value is -2.71. The van der Waals surface area contributed by atoms with Crippen LogP contribution in [0, 0.1) is 13.8 Å². The van der Waals surface area contributed by atoms with E-state index in [2.05, 4.69) is 5.32 Å². The molecule has 0 aliphatic carbocycles. The topological polar surface area (TPSA) is 86.8 Å². The molecule has 2 aromatic rings. The third-order valence-corrected chi connectivity index (χ3v) is 7.91. The number of rotatable bonds is 4. The summed E-state index contributed by atoms with van der Waals surface area (Å²) < 4.78 is 27.4. The molecule has 0 unspecified atom stereocenters. The molecule has 164 valence electrons. The van der Waals surface area contributed by atoms with Crippen molar-refractivity contribution in [1.82, 2.24) is 4.31 Å². The summed E-state index contributed by atoms with van der Waals surface area (Å²) in [6.45, 7) is 6.38. The van der Waals surface area contributed by atoms with E-state index < -0.39 is 16.1 Å². The predicted molar refractivity (Wildman–Crippen MR) is 120 cm³/mol. The number of carbonyl (C=O) groups excluding carboxylic acids is 2. The van der Waals surface area contributed by atoms with Gasteiger partial charge in [-0.05, 0) is 62.1 Å². The van der Waals surface area contributed by atoms with Crippen LogP contribution >= 0.6 is 0 Å². The maximum absolute atomic E-state index is 13.1. The first-order valence-corrected chi connectivity index (χ1v) is 11.9. The summed E-state index contributed by atoms with van der Waals surface area (Å²) in [7, 11) is -3.56. The monoisotopic (exact) mass is 441 g/mol. The van der Waals surface area contributed by atoms with Gasteiger partial charge in [-0.1, -0.05) is 17.7 Å². The largest absolute Gasteiger partial charge is 0.324 e. The lowest BCUT2D eigenvalue weighted by Crippen LogP contribution is -2.44. The number of nitrogens with one attached hydrogen (secondary N) is 1. The second-order valence-electron chi connectivity index (χ2n) is 8.32. The molecule has 0 spiro atoms. The van der Waals surface area contributed by atoms with Crippen LogP contribution in [0.1, 0.15) is 36.5 Å². The van der Waals surface area contributed by atoms with Crippen molar-refractivity contribution in [2.45, 2.75) is 51.0 Å². The van der Waals surface area contributed by atoms with Gasteiger partial charge in [0.2, 0.25) is 21.8 Å². The number of nitrogens with zero attached hydrogens (tertiary/aromatic N) is 2. The second-order valence-corrected chi connectivity index (χ2v) is 10.3. The molecule has 2 aromatic carbocycles. The fourth-order valence-electron chi connectivity index (χ4n) is 4.43. The molecule has 31 heavy (non-hydrogen) atoms. The van der Waals surface area contributed by atoms with Crippen molar-refractivity contribution in [2.24, 2.45) is 0 Å². The summed E-state index contributed by atoms with van der Waals surface area (Å²) in [6.07, 6.45) is 2.00. The number of fused-ring (bicyclic) bond motifs is 1. The Labute approximate surface area is 183 Å². The van der Waals surface area contributed by atoms with E-state index in [1.54, 1.807) is 12.1 Å². The number of aryl methyl sites for hydroxylation is 2. The SMILES string of the molecule is CC(=O)N1c2ccc(S(=O)(=O)N3CCCC3)cc2C[C@@H]1C(=O)Nc1ccc(C)cc1C. The van der Waals surface area contributed by atoms with Gasteiger partial charge in [0, 0.05) is 37.8 Å². The number of sulfonamides is 1. The molecular formula is C23H27N3O4S. The molecule has 2 amide bonds. The molecule has 2 aliphatic heterocycles. The van der Waals surface area contributed by atoms with Crippen molar-refractivity contribution in [3.63, 3.8) is 0 Å². The fraction of sp³-hybridized carbons (Fsp3) is 0.391. The van der Waals surface area contributed by atoms with Crippen LogP contribution in [0.2, 0.25) is 0 Å². The molecule has 0 saturated carbocycles. The maximum atomic E-state index is 13.1. The van der Waals surface area contributed by atoms with Crippen LogP contribution in [-0.2, 0) is 26.0 Å². The normalized spacial score (nSPS) is 18.8. The zero-order chi connectivity index (χ0) is 22.3. The third-order valence-electron chi connectivity index (χ3n) is 6.02. The van der Waals surface area contributed by atoms with Crippen LogP contribution < -0.4 is 10.2 Å². The van der Waals surface area contributed by atoms with Gasteiger partial charge in [-0.15, -0.1) is 0 Å². The lowest BCUT2D eigenvalue weighted by atomic mass is 10.1. The van der Waals surface area contributed by atoms with Gasteiger partial charge in [0.15, 0.2) is 0 Å². The van der Waals surface area contributed by atoms with Crippen LogP contribution in [0.25, 0.3) is 0 Å². The second kappa shape index (κ2) is 8.09. The smallest absolute Gasteiger partial charge is 0.247 e. The Bertz CT molecular complexity index is 1150. The van der Waals surface area contributed by atoms with Crippen LogP contribution in [0.15, 0.2) is 41.3 Å². The van der Waals surface area contributed by atoms with E-state index in [-0.39, 0.29) is 23.1 Å². The molecule has 4 rings (SSSR count). The molecule has 2 aliphatic rings. The maximum Gasteiger partial charge on any atom is 0.247 e. The van der Waals surface area contributed by atoms with E-state index in [0.29, 0.717) is 30.0 Å². The molecule has 2 heterocycles. The Morgan fingerprint density at radius 1 is 1.03 bits per heavy atom. The highest BCUT2D eigenvalue weighted by atomic mass is 32.2.